The number of thioether (sulfide) groups is 1. The molecule has 0 spiro atoms. The normalized spacial score (nSPS) is 13.6. The Kier molecular flexibility index (Phi) is 5.09. The minimum atomic E-state index is -0.568. The number of hydrogen-bond donors (Lipinski definition) is 1. The van der Waals surface area contributed by atoms with Crippen molar-refractivity contribution in [1.82, 2.24) is 19.7 Å². The third kappa shape index (κ3) is 4.12. The summed E-state index contributed by atoms with van der Waals surface area (Å²) in [6, 6.07) is 8.24. The Morgan fingerprint density at radius 2 is 2.04 bits per heavy atom. The smallest absolute Gasteiger partial charge is 0.234 e. The second-order valence-electron chi connectivity index (χ2n) is 6.10. The maximum Gasteiger partial charge on any atom is 0.234 e. The second-order valence-corrected chi connectivity index (χ2v) is 7.48. The van der Waals surface area contributed by atoms with Gasteiger partial charge < -0.3 is 5.32 Å². The predicted molar refractivity (Wildman–Crippen MR) is 102 cm³/mol. The van der Waals surface area contributed by atoms with E-state index in [4.69, 9.17) is 11.6 Å². The van der Waals surface area contributed by atoms with Gasteiger partial charge in [-0.25, -0.2) is 4.39 Å². The molecule has 1 aromatic carbocycles. The fourth-order valence-electron chi connectivity index (χ4n) is 2.64. The van der Waals surface area contributed by atoms with Crippen LogP contribution in [-0.2, 0) is 4.79 Å². The van der Waals surface area contributed by atoms with Crippen LogP contribution in [0, 0.1) is 5.82 Å². The molecule has 4 rings (SSSR count). The summed E-state index contributed by atoms with van der Waals surface area (Å²) in [5, 5.41) is 12.0. The van der Waals surface area contributed by atoms with Gasteiger partial charge in [-0.3, -0.25) is 14.3 Å². The summed E-state index contributed by atoms with van der Waals surface area (Å²) in [5.74, 6) is -0.0194. The first-order valence-electron chi connectivity index (χ1n) is 8.35. The van der Waals surface area contributed by atoms with Gasteiger partial charge in [0.15, 0.2) is 11.0 Å². The highest BCUT2D eigenvalue weighted by Crippen LogP contribution is 2.40. The van der Waals surface area contributed by atoms with Gasteiger partial charge in [0.25, 0.3) is 0 Å². The number of carbonyl (C=O) groups excluding carboxylic acids is 1. The van der Waals surface area contributed by atoms with E-state index in [9.17, 15) is 9.18 Å². The molecule has 3 aromatic rings. The first-order chi connectivity index (χ1) is 13.1. The molecule has 0 atom stereocenters. The van der Waals surface area contributed by atoms with Gasteiger partial charge in [0, 0.05) is 29.0 Å². The van der Waals surface area contributed by atoms with Crippen molar-refractivity contribution in [2.24, 2.45) is 0 Å². The molecule has 0 radical (unpaired) electrons. The van der Waals surface area contributed by atoms with Crippen molar-refractivity contribution in [3.63, 3.8) is 0 Å². The van der Waals surface area contributed by atoms with Crippen LogP contribution >= 0.6 is 23.4 Å². The summed E-state index contributed by atoms with van der Waals surface area (Å²) in [7, 11) is 0. The highest BCUT2D eigenvalue weighted by Gasteiger charge is 2.30. The van der Waals surface area contributed by atoms with E-state index in [0.29, 0.717) is 11.2 Å². The zero-order valence-corrected chi connectivity index (χ0v) is 15.7. The fourth-order valence-corrected chi connectivity index (χ4v) is 3.61. The van der Waals surface area contributed by atoms with Gasteiger partial charge in [-0.15, -0.1) is 10.2 Å². The maximum atomic E-state index is 13.8. The van der Waals surface area contributed by atoms with Gasteiger partial charge in [0.1, 0.15) is 5.82 Å². The lowest BCUT2D eigenvalue weighted by Crippen LogP contribution is -2.15. The summed E-state index contributed by atoms with van der Waals surface area (Å²) < 4.78 is 15.9. The van der Waals surface area contributed by atoms with Gasteiger partial charge in [-0.2, -0.15) is 0 Å². The molecule has 0 unspecified atom stereocenters. The molecule has 1 aliphatic carbocycles. The number of pyridine rings is 1. The highest BCUT2D eigenvalue weighted by molar-refractivity contribution is 7.99. The summed E-state index contributed by atoms with van der Waals surface area (Å²) in [6.45, 7) is 0. The molecule has 0 bridgehead atoms. The van der Waals surface area contributed by atoms with Crippen LogP contribution in [0.4, 0.5) is 10.1 Å². The zero-order valence-electron chi connectivity index (χ0n) is 14.1. The lowest BCUT2D eigenvalue weighted by Gasteiger charge is -2.09. The van der Waals surface area contributed by atoms with E-state index < -0.39 is 5.82 Å². The van der Waals surface area contributed by atoms with Crippen LogP contribution in [0.5, 0.6) is 0 Å². The number of anilines is 1. The topological polar surface area (TPSA) is 72.7 Å². The number of aromatic nitrogens is 4. The summed E-state index contributed by atoms with van der Waals surface area (Å²) in [4.78, 5) is 16.2. The zero-order chi connectivity index (χ0) is 18.8. The van der Waals surface area contributed by atoms with Crippen molar-refractivity contribution >= 4 is 35.0 Å². The van der Waals surface area contributed by atoms with Gasteiger partial charge in [-0.1, -0.05) is 23.4 Å². The van der Waals surface area contributed by atoms with Crippen molar-refractivity contribution in [3.05, 3.63) is 53.6 Å². The minimum Gasteiger partial charge on any atom is -0.323 e. The van der Waals surface area contributed by atoms with Crippen LogP contribution in [0.3, 0.4) is 0 Å². The number of halogens is 2. The molecule has 138 valence electrons. The van der Waals surface area contributed by atoms with E-state index in [1.165, 1.54) is 23.9 Å². The molecule has 27 heavy (non-hydrogen) atoms. The van der Waals surface area contributed by atoms with Crippen molar-refractivity contribution in [3.8, 4) is 11.4 Å². The number of rotatable bonds is 6. The van der Waals surface area contributed by atoms with E-state index in [1.54, 1.807) is 12.4 Å². The first-order valence-corrected chi connectivity index (χ1v) is 9.71. The number of hydrogen-bond acceptors (Lipinski definition) is 5. The Balaban J connectivity index is 1.47. The van der Waals surface area contributed by atoms with Crippen LogP contribution in [0.2, 0.25) is 5.02 Å². The van der Waals surface area contributed by atoms with E-state index in [1.807, 2.05) is 12.1 Å². The number of benzene rings is 1. The van der Waals surface area contributed by atoms with Crippen LogP contribution in [0.15, 0.2) is 47.9 Å². The largest absolute Gasteiger partial charge is 0.323 e. The van der Waals surface area contributed by atoms with Gasteiger partial charge in [-0.05, 0) is 43.2 Å². The van der Waals surface area contributed by atoms with Gasteiger partial charge >= 0.3 is 0 Å². The molecular weight excluding hydrogens is 389 g/mol. The number of amides is 1. The SMILES string of the molecule is O=C(CSc1nnc(-c2ccncc2)n1C1CC1)Nc1ccc(Cl)cc1F. The molecule has 0 saturated heterocycles. The predicted octanol–water partition coefficient (Wildman–Crippen LogP) is 4.20. The number of carbonyl (C=O) groups is 1. The van der Waals surface area contributed by atoms with E-state index in [-0.39, 0.29) is 22.4 Å². The van der Waals surface area contributed by atoms with Gasteiger partial charge in [0.05, 0.1) is 11.4 Å². The molecule has 9 heteroatoms. The molecular formula is C18H15ClFN5OS. The van der Waals surface area contributed by atoms with Crippen molar-refractivity contribution in [2.45, 2.75) is 24.0 Å². The van der Waals surface area contributed by atoms with Crippen molar-refractivity contribution < 1.29 is 9.18 Å². The van der Waals surface area contributed by atoms with Crippen LogP contribution in [-0.4, -0.2) is 31.4 Å². The van der Waals surface area contributed by atoms with Crippen LogP contribution < -0.4 is 5.32 Å². The molecule has 1 fully saturated rings. The monoisotopic (exact) mass is 403 g/mol. The Morgan fingerprint density at radius 1 is 1.26 bits per heavy atom. The molecule has 1 N–H and O–H groups in total. The standard InChI is InChI=1S/C18H15ClFN5OS/c19-12-1-4-15(14(20)9-12)22-16(26)10-27-18-24-23-17(25(18)13-2-3-13)11-5-7-21-8-6-11/h1,4-9,13H,2-3,10H2,(H,22,26). The molecule has 1 amide bonds. The Labute approximate surface area is 164 Å². The third-order valence-electron chi connectivity index (χ3n) is 4.05. The van der Waals surface area contributed by atoms with Crippen molar-refractivity contribution in [2.75, 3.05) is 11.1 Å². The first kappa shape index (κ1) is 17.9. The second kappa shape index (κ2) is 7.66. The highest BCUT2D eigenvalue weighted by atomic mass is 35.5. The molecule has 1 saturated carbocycles. The van der Waals surface area contributed by atoms with Crippen LogP contribution in [0.1, 0.15) is 18.9 Å². The number of nitrogens with one attached hydrogen (secondary N) is 1. The number of nitrogens with zero attached hydrogens (tertiary/aromatic N) is 4. The van der Waals surface area contributed by atoms with Gasteiger partial charge in [0.2, 0.25) is 5.91 Å². The lowest BCUT2D eigenvalue weighted by atomic mass is 10.2. The van der Waals surface area contributed by atoms with E-state index in [0.717, 1.165) is 30.3 Å². The summed E-state index contributed by atoms with van der Waals surface area (Å²) in [6.07, 6.45) is 5.54. The average molecular weight is 404 g/mol. The minimum absolute atomic E-state index is 0.100. The van der Waals surface area contributed by atoms with Crippen molar-refractivity contribution in [1.29, 1.82) is 0 Å². The Bertz CT molecular complexity index is 977. The Morgan fingerprint density at radius 3 is 2.74 bits per heavy atom. The summed E-state index contributed by atoms with van der Waals surface area (Å²) in [5.41, 5.74) is 1.04. The lowest BCUT2D eigenvalue weighted by molar-refractivity contribution is -0.113. The van der Waals surface area contributed by atoms with Crippen LogP contribution in [0.25, 0.3) is 11.4 Å². The third-order valence-corrected chi connectivity index (χ3v) is 5.23. The Hall–Kier alpha value is -2.45. The average Bonchev–Trinajstić information content (AvgIpc) is 3.42. The summed E-state index contributed by atoms with van der Waals surface area (Å²) >= 11 is 7.00. The fraction of sp³-hybridized carbons (Fsp3) is 0.222. The molecule has 1 aliphatic rings. The quantitative estimate of drug-likeness (QED) is 0.624. The maximum absolute atomic E-state index is 13.8. The molecule has 6 nitrogen and oxygen atoms in total. The van der Waals surface area contributed by atoms with E-state index >= 15 is 0 Å². The molecule has 2 aromatic heterocycles. The molecule has 2 heterocycles. The van der Waals surface area contributed by atoms with E-state index in [2.05, 4.69) is 25.1 Å². The molecule has 0 aliphatic heterocycles.